The van der Waals surface area contributed by atoms with Crippen LogP contribution in [-0.2, 0) is 7.05 Å². The van der Waals surface area contributed by atoms with Gasteiger partial charge in [0.25, 0.3) is 5.91 Å². The summed E-state index contributed by atoms with van der Waals surface area (Å²) in [6, 6.07) is 5.93. The summed E-state index contributed by atoms with van der Waals surface area (Å²) >= 11 is 0. The number of anilines is 1. The average molecular weight is 327 g/mol. The Morgan fingerprint density at radius 3 is 2.67 bits per heavy atom. The first-order valence-corrected chi connectivity index (χ1v) is 7.50. The van der Waals surface area contributed by atoms with E-state index in [1.54, 1.807) is 23.7 Å². The summed E-state index contributed by atoms with van der Waals surface area (Å²) in [4.78, 5) is 12.4. The number of benzene rings is 1. The van der Waals surface area contributed by atoms with Crippen LogP contribution in [0.2, 0.25) is 0 Å². The molecule has 2 N–H and O–H groups in total. The van der Waals surface area contributed by atoms with E-state index in [2.05, 4.69) is 20.6 Å². The number of nitrogens with one attached hydrogen (secondary N) is 2. The molecule has 1 aromatic carbocycles. The number of hydrogen-bond acceptors (Lipinski definition) is 3. The highest BCUT2D eigenvalue weighted by atomic mass is 19.1. The Morgan fingerprint density at radius 1 is 1.25 bits per heavy atom. The summed E-state index contributed by atoms with van der Waals surface area (Å²) in [6.45, 7) is 5.64. The number of nitrogens with zero attached hydrogens (tertiary/aromatic N) is 3. The molecule has 0 aliphatic heterocycles. The van der Waals surface area contributed by atoms with Gasteiger partial charge < -0.3 is 5.32 Å². The van der Waals surface area contributed by atoms with E-state index in [-0.39, 0.29) is 5.91 Å². The van der Waals surface area contributed by atoms with Crippen molar-refractivity contribution in [2.24, 2.45) is 7.05 Å². The van der Waals surface area contributed by atoms with Gasteiger partial charge >= 0.3 is 0 Å². The lowest BCUT2D eigenvalue weighted by Crippen LogP contribution is -2.13. The predicted molar refractivity (Wildman–Crippen MR) is 89.4 cm³/mol. The Hall–Kier alpha value is -2.96. The van der Waals surface area contributed by atoms with Gasteiger partial charge in [-0.05, 0) is 44.5 Å². The molecule has 0 aliphatic carbocycles. The zero-order valence-corrected chi connectivity index (χ0v) is 13.9. The highest BCUT2D eigenvalue weighted by Crippen LogP contribution is 2.25. The number of aromatic amines is 1. The first-order chi connectivity index (χ1) is 11.4. The molecule has 0 unspecified atom stereocenters. The number of carbonyl (C=O) groups excluding carboxylic acids is 1. The molecule has 0 spiro atoms. The van der Waals surface area contributed by atoms with E-state index in [4.69, 9.17) is 0 Å². The van der Waals surface area contributed by atoms with E-state index in [0.29, 0.717) is 17.1 Å². The topological polar surface area (TPSA) is 75.6 Å². The molecule has 24 heavy (non-hydrogen) atoms. The Labute approximate surface area is 138 Å². The van der Waals surface area contributed by atoms with E-state index in [1.165, 1.54) is 12.1 Å². The van der Waals surface area contributed by atoms with Gasteiger partial charge in [-0.15, -0.1) is 0 Å². The molecule has 0 bridgehead atoms. The van der Waals surface area contributed by atoms with Crippen LogP contribution in [0.1, 0.15) is 27.4 Å². The normalized spacial score (nSPS) is 10.9. The molecule has 2 aromatic heterocycles. The number of amides is 1. The van der Waals surface area contributed by atoms with Crippen LogP contribution in [0.3, 0.4) is 0 Å². The third kappa shape index (κ3) is 2.80. The number of aryl methyl sites for hydroxylation is 3. The van der Waals surface area contributed by atoms with Crippen molar-refractivity contribution in [2.45, 2.75) is 20.8 Å². The predicted octanol–water partition coefficient (Wildman–Crippen LogP) is 3.13. The second-order valence-electron chi connectivity index (χ2n) is 5.75. The van der Waals surface area contributed by atoms with Gasteiger partial charge in [0.2, 0.25) is 0 Å². The fourth-order valence-electron chi connectivity index (χ4n) is 2.63. The molecule has 0 fully saturated rings. The van der Waals surface area contributed by atoms with Crippen LogP contribution in [0, 0.1) is 26.6 Å². The smallest absolute Gasteiger partial charge is 0.273 e. The Bertz CT molecular complexity index is 925. The van der Waals surface area contributed by atoms with Crippen LogP contribution in [-0.4, -0.2) is 25.9 Å². The fourth-order valence-corrected chi connectivity index (χ4v) is 2.63. The van der Waals surface area contributed by atoms with Crippen molar-refractivity contribution in [2.75, 3.05) is 5.32 Å². The number of carbonyl (C=O) groups is 1. The second-order valence-corrected chi connectivity index (χ2v) is 5.75. The molecule has 0 saturated heterocycles. The third-order valence-electron chi connectivity index (χ3n) is 4.04. The number of rotatable bonds is 3. The average Bonchev–Trinajstić information content (AvgIpc) is 3.09. The minimum absolute atomic E-state index is 0.302. The lowest BCUT2D eigenvalue weighted by molar-refractivity contribution is 0.102. The molecule has 0 radical (unpaired) electrons. The minimum Gasteiger partial charge on any atom is -0.320 e. The van der Waals surface area contributed by atoms with E-state index in [0.717, 1.165) is 22.5 Å². The van der Waals surface area contributed by atoms with Crippen LogP contribution in [0.15, 0.2) is 24.3 Å². The number of hydrogen-bond donors (Lipinski definition) is 2. The maximum Gasteiger partial charge on any atom is 0.273 e. The quantitative estimate of drug-likeness (QED) is 0.776. The number of halogens is 1. The van der Waals surface area contributed by atoms with Crippen LogP contribution in [0.5, 0.6) is 0 Å². The lowest BCUT2D eigenvalue weighted by atomic mass is 10.1. The van der Waals surface area contributed by atoms with E-state index in [1.807, 2.05) is 20.9 Å². The molecular weight excluding hydrogens is 309 g/mol. The van der Waals surface area contributed by atoms with Crippen molar-refractivity contribution >= 4 is 11.6 Å². The van der Waals surface area contributed by atoms with Gasteiger partial charge in [-0.2, -0.15) is 10.2 Å². The van der Waals surface area contributed by atoms with E-state index in [9.17, 15) is 9.18 Å². The maximum absolute atomic E-state index is 13.3. The fraction of sp³-hybridized carbons (Fsp3) is 0.235. The lowest BCUT2D eigenvalue weighted by Gasteiger charge is -2.06. The molecule has 0 saturated carbocycles. The molecule has 124 valence electrons. The van der Waals surface area contributed by atoms with Crippen LogP contribution >= 0.6 is 0 Å². The van der Waals surface area contributed by atoms with Crippen molar-refractivity contribution in [1.29, 1.82) is 0 Å². The standard InChI is InChI=1S/C17H18FN5O/c1-9-5-6-12(18)7-13(9)19-17(24)15-8-14(20-21-15)16-10(2)22-23(4)11(16)3/h5-8H,1-4H3,(H,19,24)(H,20,21). The molecule has 0 aliphatic rings. The Kier molecular flexibility index (Phi) is 3.92. The Balaban J connectivity index is 1.88. The monoisotopic (exact) mass is 327 g/mol. The molecule has 1 amide bonds. The van der Waals surface area contributed by atoms with Gasteiger partial charge in [-0.3, -0.25) is 14.6 Å². The van der Waals surface area contributed by atoms with Gasteiger partial charge in [0.15, 0.2) is 0 Å². The molecular formula is C17H18FN5O. The molecule has 7 heteroatoms. The van der Waals surface area contributed by atoms with Gasteiger partial charge in [-0.25, -0.2) is 4.39 Å². The maximum atomic E-state index is 13.3. The molecule has 6 nitrogen and oxygen atoms in total. The largest absolute Gasteiger partial charge is 0.320 e. The van der Waals surface area contributed by atoms with Crippen molar-refractivity contribution in [1.82, 2.24) is 20.0 Å². The van der Waals surface area contributed by atoms with Crippen molar-refractivity contribution in [3.8, 4) is 11.3 Å². The van der Waals surface area contributed by atoms with Gasteiger partial charge in [0.1, 0.15) is 11.5 Å². The van der Waals surface area contributed by atoms with Crippen LogP contribution in [0.25, 0.3) is 11.3 Å². The van der Waals surface area contributed by atoms with Gasteiger partial charge in [0.05, 0.1) is 11.4 Å². The van der Waals surface area contributed by atoms with E-state index < -0.39 is 5.82 Å². The highest BCUT2D eigenvalue weighted by molar-refractivity contribution is 6.03. The molecule has 3 rings (SSSR count). The van der Waals surface area contributed by atoms with E-state index >= 15 is 0 Å². The van der Waals surface area contributed by atoms with Gasteiger partial charge in [0, 0.05) is 24.0 Å². The summed E-state index contributed by atoms with van der Waals surface area (Å²) in [7, 11) is 1.86. The minimum atomic E-state index is -0.400. The Morgan fingerprint density at radius 2 is 2.00 bits per heavy atom. The van der Waals surface area contributed by atoms with Gasteiger partial charge in [-0.1, -0.05) is 6.07 Å². The first-order valence-electron chi connectivity index (χ1n) is 7.50. The third-order valence-corrected chi connectivity index (χ3v) is 4.04. The summed E-state index contributed by atoms with van der Waals surface area (Å²) in [6.07, 6.45) is 0. The number of aromatic nitrogens is 4. The molecule has 2 heterocycles. The second kappa shape index (κ2) is 5.92. The van der Waals surface area contributed by atoms with Crippen LogP contribution in [0.4, 0.5) is 10.1 Å². The highest BCUT2D eigenvalue weighted by Gasteiger charge is 2.17. The van der Waals surface area contributed by atoms with Crippen molar-refractivity contribution < 1.29 is 9.18 Å². The zero-order valence-electron chi connectivity index (χ0n) is 13.9. The SMILES string of the molecule is Cc1ccc(F)cc1NC(=O)c1cc(-c2c(C)nn(C)c2C)n[nH]1. The number of H-pyrrole nitrogens is 1. The molecule has 3 aromatic rings. The first kappa shape index (κ1) is 15.9. The van der Waals surface area contributed by atoms with Crippen molar-refractivity contribution in [3.05, 3.63) is 52.7 Å². The summed E-state index contributed by atoms with van der Waals surface area (Å²) in [5.41, 5.74) is 4.87. The summed E-state index contributed by atoms with van der Waals surface area (Å²) in [5.74, 6) is -0.774. The molecule has 0 atom stereocenters. The van der Waals surface area contributed by atoms with Crippen molar-refractivity contribution in [3.63, 3.8) is 0 Å². The van der Waals surface area contributed by atoms with Crippen LogP contribution < -0.4 is 5.32 Å². The summed E-state index contributed by atoms with van der Waals surface area (Å²) in [5, 5.41) is 14.0. The summed E-state index contributed by atoms with van der Waals surface area (Å²) < 4.78 is 15.1. The zero-order chi connectivity index (χ0) is 17.4.